The molecule has 3 heterocycles. The summed E-state index contributed by atoms with van der Waals surface area (Å²) in [6, 6.07) is 0. The summed E-state index contributed by atoms with van der Waals surface area (Å²) in [6.07, 6.45) is 4.96. The van der Waals surface area contributed by atoms with E-state index in [4.69, 9.17) is 9.47 Å². The number of rotatable bonds is 1. The molecule has 1 aliphatic carbocycles. The van der Waals surface area contributed by atoms with E-state index in [2.05, 4.69) is 4.90 Å². The Morgan fingerprint density at radius 2 is 1.83 bits per heavy atom. The lowest BCUT2D eigenvalue weighted by Gasteiger charge is -2.46. The molecule has 0 saturated carbocycles. The van der Waals surface area contributed by atoms with Crippen LogP contribution in [0.3, 0.4) is 0 Å². The van der Waals surface area contributed by atoms with Crippen LogP contribution in [0.25, 0.3) is 0 Å². The van der Waals surface area contributed by atoms with Gasteiger partial charge >= 0.3 is 5.97 Å². The van der Waals surface area contributed by atoms with Crippen molar-refractivity contribution < 1.29 is 19.1 Å². The van der Waals surface area contributed by atoms with Gasteiger partial charge in [0.2, 0.25) is 5.78 Å². The molecule has 4 rings (SSSR count). The zero-order valence-electron chi connectivity index (χ0n) is 14.0. The van der Waals surface area contributed by atoms with Gasteiger partial charge in [-0.2, -0.15) is 0 Å². The SMILES string of the molecule is COC1=C(C)C(=O)O[C@]12C(=O)C(C)=C1CCCCN3CCC[C@]132. The van der Waals surface area contributed by atoms with Crippen LogP contribution in [0.2, 0.25) is 0 Å². The average molecular weight is 317 g/mol. The topological polar surface area (TPSA) is 55.8 Å². The number of esters is 1. The normalized spacial score (nSPS) is 37.3. The van der Waals surface area contributed by atoms with Gasteiger partial charge in [-0.25, -0.2) is 4.79 Å². The first-order valence-corrected chi connectivity index (χ1v) is 8.49. The van der Waals surface area contributed by atoms with Crippen molar-refractivity contribution in [2.45, 2.75) is 57.1 Å². The minimum absolute atomic E-state index is 0.0802. The highest BCUT2D eigenvalue weighted by molar-refractivity contribution is 6.14. The smallest absolute Gasteiger partial charge is 0.338 e. The van der Waals surface area contributed by atoms with Crippen LogP contribution in [0, 0.1) is 0 Å². The highest BCUT2D eigenvalue weighted by Crippen LogP contribution is 2.60. The summed E-state index contributed by atoms with van der Waals surface area (Å²) < 4.78 is 11.5. The van der Waals surface area contributed by atoms with Gasteiger partial charge in [0.1, 0.15) is 0 Å². The van der Waals surface area contributed by atoms with Crippen molar-refractivity contribution in [2.24, 2.45) is 0 Å². The van der Waals surface area contributed by atoms with Gasteiger partial charge in [0.05, 0.1) is 18.2 Å². The van der Waals surface area contributed by atoms with Crippen molar-refractivity contribution in [1.29, 1.82) is 0 Å². The molecule has 0 aromatic heterocycles. The van der Waals surface area contributed by atoms with E-state index in [1.165, 1.54) is 12.7 Å². The first-order chi connectivity index (χ1) is 11.0. The molecule has 2 spiro atoms. The lowest BCUT2D eigenvalue weighted by Crippen LogP contribution is -2.64. The molecule has 0 aromatic rings. The number of hydrogen-bond donors (Lipinski definition) is 0. The van der Waals surface area contributed by atoms with Crippen molar-refractivity contribution in [3.05, 3.63) is 22.5 Å². The molecule has 5 heteroatoms. The van der Waals surface area contributed by atoms with Gasteiger partial charge in [-0.3, -0.25) is 9.69 Å². The molecule has 0 N–H and O–H groups in total. The summed E-state index contributed by atoms with van der Waals surface area (Å²) in [5.41, 5.74) is 0.567. The first kappa shape index (κ1) is 14.9. The average Bonchev–Trinajstić information content (AvgIpc) is 3.06. The largest absolute Gasteiger partial charge is 0.496 e. The Kier molecular flexibility index (Phi) is 3.05. The number of methoxy groups -OCH3 is 1. The molecule has 0 bridgehead atoms. The number of carbonyl (C=O) groups excluding carboxylic acids is 2. The highest BCUT2D eigenvalue weighted by Gasteiger charge is 2.74. The van der Waals surface area contributed by atoms with Gasteiger partial charge in [0.25, 0.3) is 5.60 Å². The maximum Gasteiger partial charge on any atom is 0.338 e. The second-order valence-corrected chi connectivity index (χ2v) is 7.07. The van der Waals surface area contributed by atoms with Crippen LogP contribution in [-0.4, -0.2) is 48.0 Å². The summed E-state index contributed by atoms with van der Waals surface area (Å²) in [5, 5.41) is 0. The van der Waals surface area contributed by atoms with Crippen LogP contribution in [0.1, 0.15) is 46.0 Å². The van der Waals surface area contributed by atoms with E-state index < -0.39 is 17.1 Å². The monoisotopic (exact) mass is 317 g/mol. The Labute approximate surface area is 136 Å². The fourth-order valence-electron chi connectivity index (χ4n) is 5.37. The van der Waals surface area contributed by atoms with Crippen LogP contribution < -0.4 is 0 Å². The molecule has 23 heavy (non-hydrogen) atoms. The maximum absolute atomic E-state index is 13.3. The number of nitrogens with zero attached hydrogens (tertiary/aromatic N) is 1. The van der Waals surface area contributed by atoms with Gasteiger partial charge in [0, 0.05) is 0 Å². The Morgan fingerprint density at radius 3 is 2.57 bits per heavy atom. The zero-order valence-corrected chi connectivity index (χ0v) is 14.0. The van der Waals surface area contributed by atoms with E-state index in [9.17, 15) is 9.59 Å². The number of carbonyl (C=O) groups is 2. The first-order valence-electron chi connectivity index (χ1n) is 8.49. The van der Waals surface area contributed by atoms with Crippen LogP contribution in [-0.2, 0) is 19.1 Å². The van der Waals surface area contributed by atoms with E-state index in [1.807, 2.05) is 6.92 Å². The zero-order chi connectivity index (χ0) is 16.4. The highest BCUT2D eigenvalue weighted by atomic mass is 16.6. The molecule has 2 saturated heterocycles. The van der Waals surface area contributed by atoms with Crippen molar-refractivity contribution in [1.82, 2.24) is 4.90 Å². The van der Waals surface area contributed by atoms with Crippen molar-refractivity contribution in [3.8, 4) is 0 Å². The van der Waals surface area contributed by atoms with Crippen molar-refractivity contribution >= 4 is 11.8 Å². The Balaban J connectivity index is 2.02. The van der Waals surface area contributed by atoms with Gasteiger partial charge in [-0.05, 0) is 70.2 Å². The summed E-state index contributed by atoms with van der Waals surface area (Å²) in [5.74, 6) is -0.0753. The third kappa shape index (κ3) is 1.47. The molecular weight excluding hydrogens is 294 g/mol. The quantitative estimate of drug-likeness (QED) is 0.693. The van der Waals surface area contributed by atoms with E-state index in [0.29, 0.717) is 11.3 Å². The van der Waals surface area contributed by atoms with E-state index in [0.717, 1.165) is 50.8 Å². The fraction of sp³-hybridized carbons (Fsp3) is 0.667. The van der Waals surface area contributed by atoms with E-state index in [1.54, 1.807) is 6.92 Å². The molecule has 5 nitrogen and oxygen atoms in total. The standard InChI is InChI=1S/C18H23NO4/c1-11-13-7-4-5-9-19-10-6-8-17(13,19)18(14(11)20)15(22-3)12(2)16(21)23-18/h4-10H2,1-3H3/t17-,18-/m1/s1. The van der Waals surface area contributed by atoms with Crippen LogP contribution >= 0.6 is 0 Å². The molecule has 0 unspecified atom stereocenters. The molecule has 2 atom stereocenters. The molecule has 4 aliphatic rings. The predicted molar refractivity (Wildman–Crippen MR) is 83.6 cm³/mol. The molecule has 3 aliphatic heterocycles. The summed E-state index contributed by atoms with van der Waals surface area (Å²) in [4.78, 5) is 28.1. The second kappa shape index (κ2) is 4.69. The third-order valence-corrected chi connectivity index (χ3v) is 6.22. The van der Waals surface area contributed by atoms with Crippen LogP contribution in [0.4, 0.5) is 0 Å². The van der Waals surface area contributed by atoms with E-state index >= 15 is 0 Å². The number of hydrogen-bond acceptors (Lipinski definition) is 5. The Morgan fingerprint density at radius 1 is 1.09 bits per heavy atom. The molecule has 2 fully saturated rings. The molecule has 0 aromatic carbocycles. The number of Topliss-reactive ketones (excluding diaryl/α,β-unsaturated/α-hetero) is 1. The molecule has 124 valence electrons. The Bertz CT molecular complexity index is 677. The third-order valence-electron chi connectivity index (χ3n) is 6.22. The Hall–Kier alpha value is -1.62. The number of ketones is 1. The van der Waals surface area contributed by atoms with Gasteiger partial charge in [-0.15, -0.1) is 0 Å². The summed E-state index contributed by atoms with van der Waals surface area (Å²) in [7, 11) is 1.54. The molecular formula is C18H23NO4. The van der Waals surface area contributed by atoms with Crippen molar-refractivity contribution in [2.75, 3.05) is 20.2 Å². The van der Waals surface area contributed by atoms with Crippen LogP contribution in [0.15, 0.2) is 22.5 Å². The second-order valence-electron chi connectivity index (χ2n) is 7.07. The van der Waals surface area contributed by atoms with Crippen LogP contribution in [0.5, 0.6) is 0 Å². The number of ether oxygens (including phenoxy) is 2. The predicted octanol–water partition coefficient (Wildman–Crippen LogP) is 2.12. The van der Waals surface area contributed by atoms with Crippen molar-refractivity contribution in [3.63, 3.8) is 0 Å². The summed E-state index contributed by atoms with van der Waals surface area (Å²) >= 11 is 0. The fourth-order valence-corrected chi connectivity index (χ4v) is 5.37. The minimum Gasteiger partial charge on any atom is -0.496 e. The maximum atomic E-state index is 13.3. The van der Waals surface area contributed by atoms with Gasteiger partial charge in [-0.1, -0.05) is 0 Å². The lowest BCUT2D eigenvalue weighted by molar-refractivity contribution is -0.166. The molecule has 0 radical (unpaired) electrons. The minimum atomic E-state index is -1.29. The lowest BCUT2D eigenvalue weighted by atomic mass is 9.73. The van der Waals surface area contributed by atoms with Gasteiger partial charge < -0.3 is 9.47 Å². The van der Waals surface area contributed by atoms with E-state index in [-0.39, 0.29) is 5.78 Å². The molecule has 0 amide bonds. The van der Waals surface area contributed by atoms with Gasteiger partial charge in [0.15, 0.2) is 5.76 Å². The summed E-state index contributed by atoms with van der Waals surface area (Å²) in [6.45, 7) is 5.48.